The van der Waals surface area contributed by atoms with Crippen LogP contribution in [0.1, 0.15) is 84.8 Å². The van der Waals surface area contributed by atoms with Crippen molar-refractivity contribution in [1.29, 1.82) is 0 Å². The first-order valence-corrected chi connectivity index (χ1v) is 12.4. The molecule has 0 fully saturated rings. The number of carbonyl (C=O) groups is 1. The summed E-state index contributed by atoms with van der Waals surface area (Å²) < 4.78 is 37.8. The number of Topliss-reactive ketones (excluding diaryl/α,β-unsaturated/α-hetero) is 1. The topological polar surface area (TPSA) is 40.5 Å². The number of likely N-dealkylation sites (N-methyl/N-ethyl adjacent to an activating group) is 1. The Kier molecular flexibility index (Phi) is 14.2. The quantitative estimate of drug-likeness (QED) is 0.413. The number of carbonyl (C=O) groups excluding carboxylic acids is 1. The van der Waals surface area contributed by atoms with E-state index in [1.807, 2.05) is 40.0 Å². The number of halogens is 3. The first-order chi connectivity index (χ1) is 16.2. The van der Waals surface area contributed by atoms with Crippen LogP contribution in [0.4, 0.5) is 13.2 Å². The third-order valence-corrected chi connectivity index (χ3v) is 6.56. The molecule has 6 heteroatoms. The number of allylic oxidation sites excluding steroid dienone is 3. The highest BCUT2D eigenvalue weighted by Gasteiger charge is 2.31. The van der Waals surface area contributed by atoms with Crippen LogP contribution in [-0.4, -0.2) is 36.5 Å². The van der Waals surface area contributed by atoms with Crippen LogP contribution in [0.15, 0.2) is 42.1 Å². The number of rotatable bonds is 7. The van der Waals surface area contributed by atoms with Gasteiger partial charge < -0.3 is 10.0 Å². The largest absolute Gasteiger partial charge is 0.416 e. The fourth-order valence-electron chi connectivity index (χ4n) is 4.43. The van der Waals surface area contributed by atoms with Crippen molar-refractivity contribution in [2.24, 2.45) is 17.8 Å². The maximum Gasteiger partial charge on any atom is 0.416 e. The number of nitrogens with zero attached hydrogens (tertiary/aromatic N) is 1. The first-order valence-electron chi connectivity index (χ1n) is 12.4. The number of aryl methyl sites for hydroxylation is 1. The van der Waals surface area contributed by atoms with Gasteiger partial charge in [0, 0.05) is 21.3 Å². The molecule has 0 aromatic heterocycles. The zero-order valence-corrected chi connectivity index (χ0v) is 23.1. The summed E-state index contributed by atoms with van der Waals surface area (Å²) in [5.41, 5.74) is 3.56. The summed E-state index contributed by atoms with van der Waals surface area (Å²) in [6.45, 7) is 18.3. The summed E-state index contributed by atoms with van der Waals surface area (Å²) in [6, 6.07) is 4.29. The molecule has 2 rings (SSSR count). The van der Waals surface area contributed by atoms with Crippen LogP contribution in [0.2, 0.25) is 0 Å². The standard InChI is InChI=1S/C15H25NO.C13H17F3.CH4O.H2/c1-6-13-14(11(2)3)8-7-9-15(13)16(5)10-12(4)17;1-8(2)10(4)11-5-9(3)6-12(7-11)13(14,15)16;1-2;/h6,11,14H,1,7-10H2,2-5H3;5-8,10H,1-4H3;2H,1H3;1H. The summed E-state index contributed by atoms with van der Waals surface area (Å²) in [6.07, 6.45) is 1.29. The number of benzene rings is 1. The van der Waals surface area contributed by atoms with E-state index in [0.29, 0.717) is 29.9 Å². The van der Waals surface area contributed by atoms with Gasteiger partial charge in [0.1, 0.15) is 5.78 Å². The van der Waals surface area contributed by atoms with E-state index in [-0.39, 0.29) is 13.1 Å². The van der Waals surface area contributed by atoms with Gasteiger partial charge in [0.05, 0.1) is 12.1 Å². The molecule has 2 unspecified atom stereocenters. The third-order valence-electron chi connectivity index (χ3n) is 6.56. The van der Waals surface area contributed by atoms with Gasteiger partial charge in [-0.3, -0.25) is 4.79 Å². The maximum absolute atomic E-state index is 12.6. The van der Waals surface area contributed by atoms with Gasteiger partial charge >= 0.3 is 6.18 Å². The average molecular weight is 500 g/mol. The summed E-state index contributed by atoms with van der Waals surface area (Å²) in [4.78, 5) is 13.3. The van der Waals surface area contributed by atoms with E-state index >= 15 is 0 Å². The van der Waals surface area contributed by atoms with Crippen molar-refractivity contribution in [3.63, 3.8) is 0 Å². The van der Waals surface area contributed by atoms with Gasteiger partial charge in [0.15, 0.2) is 0 Å². The molecule has 0 radical (unpaired) electrons. The number of aliphatic hydroxyl groups excluding tert-OH is 1. The Morgan fingerprint density at radius 3 is 2.20 bits per heavy atom. The zero-order chi connectivity index (χ0) is 27.5. The number of alkyl halides is 3. The van der Waals surface area contributed by atoms with Gasteiger partial charge in [-0.2, -0.15) is 13.2 Å². The second-order valence-corrected chi connectivity index (χ2v) is 10.1. The van der Waals surface area contributed by atoms with Crippen LogP contribution in [0.5, 0.6) is 0 Å². The molecule has 3 nitrogen and oxygen atoms in total. The van der Waals surface area contributed by atoms with Crippen LogP contribution in [0, 0.1) is 24.7 Å². The summed E-state index contributed by atoms with van der Waals surface area (Å²) in [5, 5.41) is 7.00. The lowest BCUT2D eigenvalue weighted by atomic mass is 9.78. The van der Waals surface area contributed by atoms with Crippen molar-refractivity contribution < 1.29 is 24.5 Å². The SMILES string of the molecule is C=CC1=C(N(C)CC(C)=O)CCCC1C(C)C.CO.Cc1cc(C(C)C(C)C)cc(C(F)(F)F)c1.[HH]. The van der Waals surface area contributed by atoms with Gasteiger partial charge in [-0.15, -0.1) is 0 Å². The van der Waals surface area contributed by atoms with Gasteiger partial charge in [-0.05, 0) is 80.1 Å². The maximum atomic E-state index is 12.6. The zero-order valence-electron chi connectivity index (χ0n) is 23.1. The summed E-state index contributed by atoms with van der Waals surface area (Å²) in [7, 11) is 3.02. The minimum absolute atomic E-state index is 0. The molecule has 0 bridgehead atoms. The molecule has 0 spiro atoms. The molecule has 1 aliphatic rings. The molecule has 1 N–H and O–H groups in total. The Hall–Kier alpha value is -2.08. The molecule has 0 saturated heterocycles. The van der Waals surface area contributed by atoms with Crippen LogP contribution < -0.4 is 0 Å². The van der Waals surface area contributed by atoms with Crippen molar-refractivity contribution in [2.75, 3.05) is 20.7 Å². The van der Waals surface area contributed by atoms with Gasteiger partial charge in [-0.25, -0.2) is 0 Å². The van der Waals surface area contributed by atoms with Crippen molar-refractivity contribution in [3.8, 4) is 0 Å². The van der Waals surface area contributed by atoms with Gasteiger partial charge in [0.25, 0.3) is 0 Å². The Balaban J connectivity index is 0. The highest BCUT2D eigenvalue weighted by molar-refractivity contribution is 5.77. The van der Waals surface area contributed by atoms with E-state index in [1.54, 1.807) is 13.8 Å². The van der Waals surface area contributed by atoms with Crippen LogP contribution >= 0.6 is 0 Å². The summed E-state index contributed by atoms with van der Waals surface area (Å²) >= 11 is 0. The first kappa shape index (κ1) is 32.9. The van der Waals surface area contributed by atoms with Crippen molar-refractivity contribution in [2.45, 2.75) is 79.8 Å². The van der Waals surface area contributed by atoms with E-state index in [4.69, 9.17) is 5.11 Å². The number of aliphatic hydroxyl groups is 1. The van der Waals surface area contributed by atoms with Crippen molar-refractivity contribution >= 4 is 5.78 Å². The minimum atomic E-state index is -4.25. The molecule has 0 saturated carbocycles. The van der Waals surface area contributed by atoms with E-state index < -0.39 is 11.7 Å². The highest BCUT2D eigenvalue weighted by atomic mass is 19.4. The van der Waals surface area contributed by atoms with Crippen molar-refractivity contribution in [1.82, 2.24) is 4.90 Å². The van der Waals surface area contributed by atoms with Crippen LogP contribution in [-0.2, 0) is 11.0 Å². The smallest absolute Gasteiger partial charge is 0.400 e. The fourth-order valence-corrected chi connectivity index (χ4v) is 4.43. The average Bonchev–Trinajstić information content (AvgIpc) is 2.78. The molecular weight excluding hydrogens is 451 g/mol. The molecule has 1 aliphatic carbocycles. The normalized spacial score (nSPS) is 16.7. The van der Waals surface area contributed by atoms with Crippen LogP contribution in [0.3, 0.4) is 0 Å². The molecule has 1 aromatic carbocycles. The minimum Gasteiger partial charge on any atom is -0.400 e. The Bertz CT molecular complexity index is 847. The Morgan fingerprint density at radius 1 is 1.20 bits per heavy atom. The van der Waals surface area contributed by atoms with E-state index in [9.17, 15) is 18.0 Å². The Labute approximate surface area is 212 Å². The summed E-state index contributed by atoms with van der Waals surface area (Å²) in [5.74, 6) is 1.94. The van der Waals surface area contributed by atoms with Crippen molar-refractivity contribution in [3.05, 3.63) is 58.8 Å². The van der Waals surface area contributed by atoms with Crippen LogP contribution in [0.25, 0.3) is 0 Å². The number of hydrogen-bond acceptors (Lipinski definition) is 3. The lowest BCUT2D eigenvalue weighted by molar-refractivity contribution is -0.137. The molecule has 35 heavy (non-hydrogen) atoms. The highest BCUT2D eigenvalue weighted by Crippen LogP contribution is 2.36. The monoisotopic (exact) mass is 499 g/mol. The van der Waals surface area contributed by atoms with Gasteiger partial charge in [0.2, 0.25) is 0 Å². The van der Waals surface area contributed by atoms with E-state index in [0.717, 1.165) is 19.1 Å². The molecule has 1 aromatic rings. The lowest BCUT2D eigenvalue weighted by Crippen LogP contribution is -2.29. The predicted molar refractivity (Wildman–Crippen MR) is 142 cm³/mol. The second kappa shape index (κ2) is 15.1. The number of hydrogen-bond donors (Lipinski definition) is 1. The Morgan fingerprint density at radius 2 is 1.77 bits per heavy atom. The molecule has 0 amide bonds. The van der Waals surface area contributed by atoms with E-state index in [1.165, 1.54) is 36.2 Å². The molecule has 0 heterocycles. The molecule has 202 valence electrons. The predicted octanol–water partition coefficient (Wildman–Crippen LogP) is 8.03. The molecule has 2 atom stereocenters. The lowest BCUT2D eigenvalue weighted by Gasteiger charge is -2.34. The fraction of sp³-hybridized carbons (Fsp3) is 0.621. The third kappa shape index (κ3) is 10.6. The molecular formula is C29H48F3NO2. The number of ketones is 1. The van der Waals surface area contributed by atoms with Gasteiger partial charge in [-0.1, -0.05) is 58.9 Å². The van der Waals surface area contributed by atoms with E-state index in [2.05, 4.69) is 25.3 Å². The molecule has 0 aliphatic heterocycles. The second-order valence-electron chi connectivity index (χ2n) is 10.1.